The fourth-order valence-corrected chi connectivity index (χ4v) is 3.94. The van der Waals surface area contributed by atoms with Crippen molar-refractivity contribution in [3.63, 3.8) is 0 Å². The third-order valence-corrected chi connectivity index (χ3v) is 5.39. The number of nitrogens with one attached hydrogen (secondary N) is 2. The van der Waals surface area contributed by atoms with Crippen LogP contribution in [0.5, 0.6) is 0 Å². The first kappa shape index (κ1) is 20.7. The van der Waals surface area contributed by atoms with Gasteiger partial charge in [-0.1, -0.05) is 49.2 Å². The van der Waals surface area contributed by atoms with Gasteiger partial charge in [0.15, 0.2) is 0 Å². The summed E-state index contributed by atoms with van der Waals surface area (Å²) in [6.07, 6.45) is 4.95. The highest BCUT2D eigenvalue weighted by molar-refractivity contribution is 5.95. The van der Waals surface area contributed by atoms with Gasteiger partial charge in [0.25, 0.3) is 0 Å². The molecule has 154 valence electrons. The van der Waals surface area contributed by atoms with E-state index < -0.39 is 12.1 Å². The number of para-hydroxylation sites is 2. The number of rotatable bonds is 6. The summed E-state index contributed by atoms with van der Waals surface area (Å²) in [6, 6.07) is 14.5. The summed E-state index contributed by atoms with van der Waals surface area (Å²) in [6.45, 7) is 3.96. The molecule has 3 amide bonds. The molecule has 0 aliphatic carbocycles. The van der Waals surface area contributed by atoms with Gasteiger partial charge in [0.05, 0.1) is 23.8 Å². The zero-order valence-electron chi connectivity index (χ0n) is 17.0. The first-order chi connectivity index (χ1) is 14.0. The molecule has 2 aromatic rings. The van der Waals surface area contributed by atoms with E-state index in [-0.39, 0.29) is 12.3 Å². The molecule has 6 heteroatoms. The van der Waals surface area contributed by atoms with E-state index >= 15 is 0 Å². The Morgan fingerprint density at radius 3 is 2.34 bits per heavy atom. The highest BCUT2D eigenvalue weighted by atomic mass is 16.2. The lowest BCUT2D eigenvalue weighted by Gasteiger charge is -2.26. The van der Waals surface area contributed by atoms with Gasteiger partial charge in [-0.2, -0.15) is 0 Å². The maximum Gasteiger partial charge on any atom is 0.312 e. The number of anilines is 2. The van der Waals surface area contributed by atoms with Gasteiger partial charge in [0, 0.05) is 13.1 Å². The van der Waals surface area contributed by atoms with Crippen LogP contribution in [0.2, 0.25) is 0 Å². The zero-order chi connectivity index (χ0) is 20.6. The smallest absolute Gasteiger partial charge is 0.312 e. The van der Waals surface area contributed by atoms with E-state index in [1.807, 2.05) is 49.4 Å². The maximum atomic E-state index is 12.9. The summed E-state index contributed by atoms with van der Waals surface area (Å²) in [5.41, 5.74) is 9.11. The van der Waals surface area contributed by atoms with Crippen LogP contribution in [-0.2, 0) is 4.79 Å². The molecule has 1 unspecified atom stereocenters. The van der Waals surface area contributed by atoms with Gasteiger partial charge in [-0.25, -0.2) is 4.79 Å². The van der Waals surface area contributed by atoms with Crippen LogP contribution < -0.4 is 21.3 Å². The average molecular weight is 395 g/mol. The zero-order valence-corrected chi connectivity index (χ0v) is 17.0. The summed E-state index contributed by atoms with van der Waals surface area (Å²) in [5.74, 6) is -0.158. The maximum absolute atomic E-state index is 12.9. The molecule has 6 nitrogen and oxygen atoms in total. The van der Waals surface area contributed by atoms with Crippen molar-refractivity contribution < 1.29 is 9.59 Å². The molecule has 0 spiro atoms. The van der Waals surface area contributed by atoms with Crippen molar-refractivity contribution in [3.05, 3.63) is 59.7 Å². The first-order valence-electron chi connectivity index (χ1n) is 10.3. The number of benzene rings is 2. The minimum absolute atomic E-state index is 0.113. The van der Waals surface area contributed by atoms with Crippen LogP contribution >= 0.6 is 0 Å². The Bertz CT molecular complexity index is 844. The van der Waals surface area contributed by atoms with Gasteiger partial charge >= 0.3 is 6.03 Å². The van der Waals surface area contributed by atoms with Gasteiger partial charge in [0.2, 0.25) is 5.91 Å². The number of nitrogens with two attached hydrogens (primary N) is 1. The summed E-state index contributed by atoms with van der Waals surface area (Å²) in [4.78, 5) is 26.7. The number of amides is 3. The molecule has 1 fully saturated rings. The third kappa shape index (κ3) is 5.73. The Kier molecular flexibility index (Phi) is 7.11. The highest BCUT2D eigenvalue weighted by Gasteiger charge is 2.20. The summed E-state index contributed by atoms with van der Waals surface area (Å²) in [5, 5.41) is 5.76. The van der Waals surface area contributed by atoms with Crippen molar-refractivity contribution in [1.29, 1.82) is 0 Å². The second-order valence-electron chi connectivity index (χ2n) is 7.59. The quantitative estimate of drug-likeness (QED) is 0.689. The molecule has 0 radical (unpaired) electrons. The van der Waals surface area contributed by atoms with Gasteiger partial charge in [-0.15, -0.1) is 0 Å². The van der Waals surface area contributed by atoms with Crippen molar-refractivity contribution in [3.8, 4) is 0 Å². The van der Waals surface area contributed by atoms with Gasteiger partial charge < -0.3 is 21.3 Å². The summed E-state index contributed by atoms with van der Waals surface area (Å²) in [7, 11) is 0. The van der Waals surface area contributed by atoms with E-state index in [1.165, 1.54) is 25.7 Å². The van der Waals surface area contributed by atoms with Crippen LogP contribution in [-0.4, -0.2) is 25.0 Å². The molecular formula is C23H30N4O2. The van der Waals surface area contributed by atoms with Gasteiger partial charge in [-0.05, 0) is 43.0 Å². The molecule has 1 aliphatic heterocycles. The normalized spacial score (nSPS) is 15.3. The van der Waals surface area contributed by atoms with Crippen LogP contribution in [0.4, 0.5) is 16.2 Å². The second kappa shape index (κ2) is 9.96. The Labute approximate surface area is 172 Å². The standard InChI is InChI=1S/C23H30N4O2/c1-17-10-4-5-11-18(17)20(26-23(24)29)16-22(28)25-19-12-6-7-13-21(19)27-14-8-2-3-9-15-27/h4-7,10-13,20H,2-3,8-9,14-16H2,1H3,(H,25,28)(H3,24,26,29). The highest BCUT2D eigenvalue weighted by Crippen LogP contribution is 2.29. The number of hydrogen-bond acceptors (Lipinski definition) is 3. The molecule has 1 heterocycles. The second-order valence-corrected chi connectivity index (χ2v) is 7.59. The third-order valence-electron chi connectivity index (χ3n) is 5.39. The number of carbonyl (C=O) groups is 2. The number of aryl methyl sites for hydroxylation is 1. The monoisotopic (exact) mass is 394 g/mol. The molecule has 1 saturated heterocycles. The van der Waals surface area contributed by atoms with E-state index in [4.69, 9.17) is 5.73 Å². The van der Waals surface area contributed by atoms with Crippen LogP contribution in [0.15, 0.2) is 48.5 Å². The minimum atomic E-state index is -0.643. The number of carbonyl (C=O) groups excluding carboxylic acids is 2. The lowest BCUT2D eigenvalue weighted by Crippen LogP contribution is -2.35. The van der Waals surface area contributed by atoms with E-state index in [0.717, 1.165) is 35.6 Å². The van der Waals surface area contributed by atoms with E-state index in [2.05, 4.69) is 21.6 Å². The molecule has 1 atom stereocenters. The van der Waals surface area contributed by atoms with Crippen molar-refractivity contribution >= 4 is 23.3 Å². The Morgan fingerprint density at radius 1 is 1.00 bits per heavy atom. The van der Waals surface area contributed by atoms with Crippen molar-refractivity contribution in [2.45, 2.75) is 45.1 Å². The van der Waals surface area contributed by atoms with E-state index in [9.17, 15) is 9.59 Å². The molecule has 0 aromatic heterocycles. The summed E-state index contributed by atoms with van der Waals surface area (Å²) >= 11 is 0. The molecule has 3 rings (SSSR count). The Balaban J connectivity index is 1.75. The minimum Gasteiger partial charge on any atom is -0.370 e. The Hall–Kier alpha value is -3.02. The van der Waals surface area contributed by atoms with Crippen LogP contribution in [0.25, 0.3) is 0 Å². The number of urea groups is 1. The van der Waals surface area contributed by atoms with Gasteiger partial charge in [0.1, 0.15) is 0 Å². The molecule has 0 bridgehead atoms. The number of hydrogen-bond donors (Lipinski definition) is 3. The fraction of sp³-hybridized carbons (Fsp3) is 0.391. The van der Waals surface area contributed by atoms with Crippen molar-refractivity contribution in [1.82, 2.24) is 5.32 Å². The van der Waals surface area contributed by atoms with Crippen molar-refractivity contribution in [2.24, 2.45) is 5.73 Å². The molecular weight excluding hydrogens is 364 g/mol. The van der Waals surface area contributed by atoms with E-state index in [1.54, 1.807) is 0 Å². The topological polar surface area (TPSA) is 87.5 Å². The predicted octanol–water partition coefficient (Wildman–Crippen LogP) is 4.11. The molecule has 4 N–H and O–H groups in total. The molecule has 29 heavy (non-hydrogen) atoms. The number of primary amides is 1. The predicted molar refractivity (Wildman–Crippen MR) is 117 cm³/mol. The SMILES string of the molecule is Cc1ccccc1C(CC(=O)Nc1ccccc1N1CCCCCC1)NC(N)=O. The molecule has 1 aliphatic rings. The Morgan fingerprint density at radius 2 is 1.66 bits per heavy atom. The van der Waals surface area contributed by atoms with Crippen LogP contribution in [0.3, 0.4) is 0 Å². The van der Waals surface area contributed by atoms with Crippen LogP contribution in [0, 0.1) is 6.92 Å². The summed E-state index contributed by atoms with van der Waals surface area (Å²) < 4.78 is 0. The molecule has 0 saturated carbocycles. The largest absolute Gasteiger partial charge is 0.370 e. The van der Waals surface area contributed by atoms with Crippen LogP contribution in [0.1, 0.15) is 49.3 Å². The van der Waals surface area contributed by atoms with Gasteiger partial charge in [-0.3, -0.25) is 4.79 Å². The van der Waals surface area contributed by atoms with Crippen molar-refractivity contribution in [2.75, 3.05) is 23.3 Å². The lowest BCUT2D eigenvalue weighted by molar-refractivity contribution is -0.116. The number of nitrogens with zero attached hydrogens (tertiary/aromatic N) is 1. The first-order valence-corrected chi connectivity index (χ1v) is 10.3. The lowest BCUT2D eigenvalue weighted by atomic mass is 9.98. The fourth-order valence-electron chi connectivity index (χ4n) is 3.94. The molecule has 2 aromatic carbocycles. The average Bonchev–Trinajstić information content (AvgIpc) is 2.97. The van der Waals surface area contributed by atoms with E-state index in [0.29, 0.717) is 0 Å².